The van der Waals surface area contributed by atoms with Gasteiger partial charge in [-0.05, 0) is 67.6 Å². The number of benzene rings is 2. The standard InChI is InChI=1S/C26H23F2N7O2S/c1-2-38(36,37)32-20-7-17(22-6-5-19(27)10-23(22)28)8-21(11-20)35-15-30-24-9-18(12-29-26(24)35)25-14-34(33-31-25)13-16-3-4-16/h5-12,14-16,32H,2-4,13H2,1H3. The molecule has 1 saturated carbocycles. The van der Waals surface area contributed by atoms with E-state index in [1.54, 1.807) is 29.2 Å². The number of halogens is 2. The molecule has 3 aromatic heterocycles. The second kappa shape index (κ2) is 9.28. The minimum absolute atomic E-state index is 0.124. The molecule has 194 valence electrons. The van der Waals surface area contributed by atoms with Crippen LogP contribution in [0.15, 0.2) is 61.2 Å². The van der Waals surface area contributed by atoms with E-state index >= 15 is 0 Å². The maximum absolute atomic E-state index is 14.7. The van der Waals surface area contributed by atoms with Gasteiger partial charge in [0, 0.05) is 29.9 Å². The molecular weight excluding hydrogens is 512 g/mol. The van der Waals surface area contributed by atoms with E-state index in [1.807, 2.05) is 16.9 Å². The van der Waals surface area contributed by atoms with Gasteiger partial charge in [0.25, 0.3) is 0 Å². The molecular formula is C26H23F2N7O2S. The van der Waals surface area contributed by atoms with Crippen molar-refractivity contribution in [2.24, 2.45) is 5.92 Å². The monoisotopic (exact) mass is 535 g/mol. The van der Waals surface area contributed by atoms with Crippen LogP contribution in [0.4, 0.5) is 14.5 Å². The van der Waals surface area contributed by atoms with E-state index in [9.17, 15) is 17.2 Å². The van der Waals surface area contributed by atoms with Crippen molar-refractivity contribution in [3.05, 3.63) is 72.8 Å². The smallest absolute Gasteiger partial charge is 0.232 e. The molecule has 1 aliphatic carbocycles. The normalized spacial score (nSPS) is 13.8. The molecule has 1 aliphatic rings. The third kappa shape index (κ3) is 4.86. The van der Waals surface area contributed by atoms with Crippen LogP contribution in [0.1, 0.15) is 19.8 Å². The largest absolute Gasteiger partial charge is 0.283 e. The fourth-order valence-electron chi connectivity index (χ4n) is 4.26. The highest BCUT2D eigenvalue weighted by atomic mass is 32.2. The summed E-state index contributed by atoms with van der Waals surface area (Å²) in [6.07, 6.45) is 7.57. The summed E-state index contributed by atoms with van der Waals surface area (Å²) in [6.45, 7) is 2.37. The third-order valence-corrected chi connectivity index (χ3v) is 7.76. The molecule has 0 aliphatic heterocycles. The van der Waals surface area contributed by atoms with Crippen LogP contribution in [0.25, 0.3) is 39.2 Å². The number of hydrogen-bond donors (Lipinski definition) is 1. The van der Waals surface area contributed by atoms with Gasteiger partial charge < -0.3 is 0 Å². The molecule has 12 heteroatoms. The van der Waals surface area contributed by atoms with Gasteiger partial charge in [-0.15, -0.1) is 5.10 Å². The Hall–Kier alpha value is -4.19. The Labute approximate surface area is 217 Å². The molecule has 9 nitrogen and oxygen atoms in total. The van der Waals surface area contributed by atoms with Crippen LogP contribution in [0.5, 0.6) is 0 Å². The maximum Gasteiger partial charge on any atom is 0.232 e. The van der Waals surface area contributed by atoms with Crippen LogP contribution in [0.3, 0.4) is 0 Å². The lowest BCUT2D eigenvalue weighted by atomic mass is 10.0. The first-order valence-corrected chi connectivity index (χ1v) is 13.8. The highest BCUT2D eigenvalue weighted by Crippen LogP contribution is 2.32. The summed E-state index contributed by atoms with van der Waals surface area (Å²) in [6, 6.07) is 9.89. The molecule has 6 rings (SSSR count). The van der Waals surface area contributed by atoms with Crippen molar-refractivity contribution < 1.29 is 17.2 Å². The predicted octanol–water partition coefficient (Wildman–Crippen LogP) is 4.80. The quantitative estimate of drug-likeness (QED) is 0.306. The molecule has 3 heterocycles. The highest BCUT2D eigenvalue weighted by Gasteiger charge is 2.22. The molecule has 1 N–H and O–H groups in total. The SMILES string of the molecule is CCS(=O)(=O)Nc1cc(-c2ccc(F)cc2F)cc(-n2cnc3cc(-c4cn(CC5CC5)nn4)cnc32)c1. The van der Waals surface area contributed by atoms with E-state index in [2.05, 4.69) is 25.0 Å². The minimum atomic E-state index is -3.61. The van der Waals surface area contributed by atoms with Crippen molar-refractivity contribution in [2.75, 3.05) is 10.5 Å². The number of fused-ring (bicyclic) bond motifs is 1. The van der Waals surface area contributed by atoms with E-state index in [0.29, 0.717) is 34.0 Å². The summed E-state index contributed by atoms with van der Waals surface area (Å²) in [4.78, 5) is 9.07. The lowest BCUT2D eigenvalue weighted by Crippen LogP contribution is -2.15. The number of sulfonamides is 1. The third-order valence-electron chi connectivity index (χ3n) is 6.46. The molecule has 0 amide bonds. The average molecular weight is 536 g/mol. The zero-order valence-electron chi connectivity index (χ0n) is 20.3. The Kier molecular flexibility index (Phi) is 5.90. The fraction of sp³-hybridized carbons (Fsp3) is 0.231. The van der Waals surface area contributed by atoms with Crippen molar-refractivity contribution in [3.63, 3.8) is 0 Å². The topological polar surface area (TPSA) is 108 Å². The molecule has 38 heavy (non-hydrogen) atoms. The van der Waals surface area contributed by atoms with E-state index < -0.39 is 21.7 Å². The number of imidazole rings is 1. The summed E-state index contributed by atoms with van der Waals surface area (Å²) in [7, 11) is -3.61. The van der Waals surface area contributed by atoms with Gasteiger partial charge in [-0.3, -0.25) is 14.0 Å². The Morgan fingerprint density at radius 2 is 1.89 bits per heavy atom. The Morgan fingerprint density at radius 3 is 2.66 bits per heavy atom. The van der Waals surface area contributed by atoms with Crippen molar-refractivity contribution in [2.45, 2.75) is 26.3 Å². The second-order valence-electron chi connectivity index (χ2n) is 9.35. The van der Waals surface area contributed by atoms with Gasteiger partial charge in [0.15, 0.2) is 5.65 Å². The first-order chi connectivity index (χ1) is 18.3. The van der Waals surface area contributed by atoms with Gasteiger partial charge in [0.2, 0.25) is 10.0 Å². The second-order valence-corrected chi connectivity index (χ2v) is 11.4. The number of pyridine rings is 1. The summed E-state index contributed by atoms with van der Waals surface area (Å²) >= 11 is 0. The van der Waals surface area contributed by atoms with Crippen LogP contribution in [0, 0.1) is 17.6 Å². The maximum atomic E-state index is 14.7. The van der Waals surface area contributed by atoms with Crippen molar-refractivity contribution >= 4 is 26.9 Å². The first kappa shape index (κ1) is 24.2. The van der Waals surface area contributed by atoms with Crippen LogP contribution >= 0.6 is 0 Å². The molecule has 2 aromatic carbocycles. The lowest BCUT2D eigenvalue weighted by Gasteiger charge is -2.13. The van der Waals surface area contributed by atoms with Gasteiger partial charge in [-0.25, -0.2) is 27.2 Å². The Bertz CT molecular complexity index is 1780. The van der Waals surface area contributed by atoms with Gasteiger partial charge in [-0.1, -0.05) is 5.21 Å². The molecule has 0 spiro atoms. The highest BCUT2D eigenvalue weighted by molar-refractivity contribution is 7.92. The molecule has 0 unspecified atom stereocenters. The molecule has 1 fully saturated rings. The zero-order valence-corrected chi connectivity index (χ0v) is 21.2. The van der Waals surface area contributed by atoms with E-state index in [0.717, 1.165) is 24.2 Å². The van der Waals surface area contributed by atoms with E-state index in [4.69, 9.17) is 0 Å². The summed E-state index contributed by atoms with van der Waals surface area (Å²) < 4.78 is 58.8. The van der Waals surface area contributed by atoms with Crippen LogP contribution < -0.4 is 4.72 Å². The average Bonchev–Trinajstić information content (AvgIpc) is 3.40. The van der Waals surface area contributed by atoms with E-state index in [-0.39, 0.29) is 17.0 Å². The van der Waals surface area contributed by atoms with E-state index in [1.165, 1.54) is 31.9 Å². The van der Waals surface area contributed by atoms with Gasteiger partial charge in [0.1, 0.15) is 29.2 Å². The number of aromatic nitrogens is 6. The van der Waals surface area contributed by atoms with Crippen molar-refractivity contribution in [1.82, 2.24) is 29.5 Å². The van der Waals surface area contributed by atoms with Gasteiger partial charge >= 0.3 is 0 Å². The molecule has 0 radical (unpaired) electrons. The minimum Gasteiger partial charge on any atom is -0.283 e. The fourth-order valence-corrected chi connectivity index (χ4v) is 4.88. The molecule has 5 aromatic rings. The van der Waals surface area contributed by atoms with Crippen molar-refractivity contribution in [3.8, 4) is 28.1 Å². The Morgan fingerprint density at radius 1 is 1.05 bits per heavy atom. The number of rotatable bonds is 8. The number of nitrogens with one attached hydrogen (secondary N) is 1. The summed E-state index contributed by atoms with van der Waals surface area (Å²) in [5, 5.41) is 8.47. The summed E-state index contributed by atoms with van der Waals surface area (Å²) in [5.41, 5.74) is 3.78. The number of hydrogen-bond acceptors (Lipinski definition) is 6. The van der Waals surface area contributed by atoms with Crippen LogP contribution in [0.2, 0.25) is 0 Å². The van der Waals surface area contributed by atoms with Gasteiger partial charge in [-0.2, -0.15) is 0 Å². The molecule has 0 saturated heterocycles. The number of anilines is 1. The van der Waals surface area contributed by atoms with Gasteiger partial charge in [0.05, 0.1) is 23.3 Å². The molecule has 0 bridgehead atoms. The van der Waals surface area contributed by atoms with Crippen LogP contribution in [-0.2, 0) is 16.6 Å². The predicted molar refractivity (Wildman–Crippen MR) is 139 cm³/mol. The first-order valence-electron chi connectivity index (χ1n) is 12.1. The zero-order chi connectivity index (χ0) is 26.4. The van der Waals surface area contributed by atoms with Crippen molar-refractivity contribution in [1.29, 1.82) is 0 Å². The lowest BCUT2D eigenvalue weighted by molar-refractivity contribution is 0.544. The Balaban J connectivity index is 1.41. The van der Waals surface area contributed by atoms with Crippen LogP contribution in [-0.4, -0.2) is 43.7 Å². The molecule has 0 atom stereocenters. The number of nitrogens with zero attached hydrogens (tertiary/aromatic N) is 6. The summed E-state index contributed by atoms with van der Waals surface area (Å²) in [5.74, 6) is -0.935.